The fourth-order valence-electron chi connectivity index (χ4n) is 2.88. The zero-order valence-electron chi connectivity index (χ0n) is 13.2. The zero-order valence-corrected chi connectivity index (χ0v) is 14.0. The summed E-state index contributed by atoms with van der Waals surface area (Å²) >= 11 is 1.36. The number of aromatic nitrogens is 1. The standard InChI is InChI=1S/C17H18N4OS/c1-12-8-16(19-23-12)17(22)21-7-6-15(11-21)20(2)14-5-3-4-13(9-14)10-18/h3-5,8-9,15H,6-7,11H2,1-2H3. The predicted octanol–water partition coefficient (Wildman–Crippen LogP) is 2.67. The van der Waals surface area contributed by atoms with Gasteiger partial charge in [0.2, 0.25) is 0 Å². The number of anilines is 1. The Morgan fingerprint density at radius 1 is 1.48 bits per heavy atom. The minimum atomic E-state index is 0.0102. The third kappa shape index (κ3) is 3.20. The molecule has 1 unspecified atom stereocenters. The van der Waals surface area contributed by atoms with Crippen LogP contribution in [0.15, 0.2) is 30.3 Å². The van der Waals surface area contributed by atoms with E-state index in [2.05, 4.69) is 15.3 Å². The molecular formula is C17H18N4OS. The molecule has 0 saturated carbocycles. The number of carbonyl (C=O) groups excluding carboxylic acids is 1. The predicted molar refractivity (Wildman–Crippen MR) is 90.7 cm³/mol. The molecule has 0 aliphatic carbocycles. The highest BCUT2D eigenvalue weighted by Gasteiger charge is 2.30. The minimum Gasteiger partial charge on any atom is -0.370 e. The first-order valence-electron chi connectivity index (χ1n) is 7.54. The molecule has 5 nitrogen and oxygen atoms in total. The second-order valence-electron chi connectivity index (χ2n) is 5.79. The third-order valence-electron chi connectivity index (χ3n) is 4.23. The van der Waals surface area contributed by atoms with E-state index >= 15 is 0 Å². The summed E-state index contributed by atoms with van der Waals surface area (Å²) in [4.78, 5) is 17.5. The van der Waals surface area contributed by atoms with Gasteiger partial charge in [0.15, 0.2) is 0 Å². The molecule has 118 valence electrons. The highest BCUT2D eigenvalue weighted by molar-refractivity contribution is 7.05. The Balaban J connectivity index is 1.69. The molecule has 0 bridgehead atoms. The molecule has 1 fully saturated rings. The van der Waals surface area contributed by atoms with Gasteiger partial charge >= 0.3 is 0 Å². The third-order valence-corrected chi connectivity index (χ3v) is 4.92. The fraction of sp³-hybridized carbons (Fsp3) is 0.353. The molecule has 1 atom stereocenters. The van der Waals surface area contributed by atoms with Crippen LogP contribution >= 0.6 is 11.5 Å². The Bertz CT molecular complexity index is 764. The average molecular weight is 326 g/mol. The molecule has 0 N–H and O–H groups in total. The molecule has 1 saturated heterocycles. The Morgan fingerprint density at radius 3 is 3.00 bits per heavy atom. The lowest BCUT2D eigenvalue weighted by Crippen LogP contribution is -2.36. The SMILES string of the molecule is Cc1cc(C(=O)N2CCC(N(C)c3cccc(C#N)c3)C2)ns1. The maximum atomic E-state index is 12.5. The summed E-state index contributed by atoms with van der Waals surface area (Å²) in [5.41, 5.74) is 2.20. The van der Waals surface area contributed by atoms with Gasteiger partial charge in [0, 0.05) is 36.7 Å². The highest BCUT2D eigenvalue weighted by atomic mass is 32.1. The molecule has 6 heteroatoms. The van der Waals surface area contributed by atoms with E-state index in [1.165, 1.54) is 11.5 Å². The van der Waals surface area contributed by atoms with Crippen molar-refractivity contribution in [3.8, 4) is 6.07 Å². The summed E-state index contributed by atoms with van der Waals surface area (Å²) < 4.78 is 4.21. The van der Waals surface area contributed by atoms with Crippen LogP contribution in [0.25, 0.3) is 0 Å². The number of benzene rings is 1. The van der Waals surface area contributed by atoms with Gasteiger partial charge in [-0.3, -0.25) is 4.79 Å². The fourth-order valence-corrected chi connectivity index (χ4v) is 3.41. The number of rotatable bonds is 3. The van der Waals surface area contributed by atoms with Crippen molar-refractivity contribution in [1.29, 1.82) is 5.26 Å². The number of nitriles is 1. The summed E-state index contributed by atoms with van der Waals surface area (Å²) in [5, 5.41) is 9.02. The van der Waals surface area contributed by atoms with Crippen LogP contribution in [0.3, 0.4) is 0 Å². The van der Waals surface area contributed by atoms with E-state index in [9.17, 15) is 4.79 Å². The second-order valence-corrected chi connectivity index (χ2v) is 6.80. The largest absolute Gasteiger partial charge is 0.370 e. The lowest BCUT2D eigenvalue weighted by atomic mass is 10.1. The van der Waals surface area contributed by atoms with Crippen molar-refractivity contribution in [2.24, 2.45) is 0 Å². The van der Waals surface area contributed by atoms with E-state index in [0.717, 1.165) is 23.5 Å². The number of carbonyl (C=O) groups is 1. The van der Waals surface area contributed by atoms with E-state index in [1.807, 2.05) is 43.1 Å². The van der Waals surface area contributed by atoms with Gasteiger partial charge in [-0.15, -0.1) is 0 Å². The summed E-state index contributed by atoms with van der Waals surface area (Å²) in [6.45, 7) is 3.38. The van der Waals surface area contributed by atoms with Gasteiger partial charge in [0.05, 0.1) is 11.6 Å². The Kier molecular flexibility index (Phi) is 4.30. The first-order valence-corrected chi connectivity index (χ1v) is 8.31. The number of amides is 1. The van der Waals surface area contributed by atoms with E-state index < -0.39 is 0 Å². The molecule has 1 aromatic carbocycles. The monoisotopic (exact) mass is 326 g/mol. The first-order chi connectivity index (χ1) is 11.1. The van der Waals surface area contributed by atoms with Crippen molar-refractivity contribution >= 4 is 23.1 Å². The summed E-state index contributed by atoms with van der Waals surface area (Å²) in [6.07, 6.45) is 0.919. The highest BCUT2D eigenvalue weighted by Crippen LogP contribution is 2.23. The number of likely N-dealkylation sites (N-methyl/N-ethyl adjacent to an activating group) is 1. The number of nitrogens with zero attached hydrogens (tertiary/aromatic N) is 4. The number of hydrogen-bond donors (Lipinski definition) is 0. The molecular weight excluding hydrogens is 308 g/mol. The summed E-state index contributed by atoms with van der Waals surface area (Å²) in [7, 11) is 2.02. The Labute approximate surface area is 139 Å². The van der Waals surface area contributed by atoms with Crippen LogP contribution in [0, 0.1) is 18.3 Å². The molecule has 0 spiro atoms. The summed E-state index contributed by atoms with van der Waals surface area (Å²) in [6, 6.07) is 11.8. The number of aryl methyl sites for hydroxylation is 1. The maximum Gasteiger partial charge on any atom is 0.273 e. The van der Waals surface area contributed by atoms with Gasteiger partial charge in [-0.05, 0) is 49.1 Å². The van der Waals surface area contributed by atoms with Gasteiger partial charge in [0.25, 0.3) is 5.91 Å². The minimum absolute atomic E-state index is 0.0102. The van der Waals surface area contributed by atoms with Crippen LogP contribution in [-0.2, 0) is 0 Å². The van der Waals surface area contributed by atoms with Gasteiger partial charge in [-0.2, -0.15) is 9.64 Å². The van der Waals surface area contributed by atoms with E-state index in [1.54, 1.807) is 6.07 Å². The van der Waals surface area contributed by atoms with E-state index in [4.69, 9.17) is 5.26 Å². The van der Waals surface area contributed by atoms with Crippen molar-refractivity contribution in [3.05, 3.63) is 46.5 Å². The molecule has 1 aromatic heterocycles. The quantitative estimate of drug-likeness (QED) is 0.870. The lowest BCUT2D eigenvalue weighted by Gasteiger charge is -2.27. The first kappa shape index (κ1) is 15.5. The molecule has 23 heavy (non-hydrogen) atoms. The van der Waals surface area contributed by atoms with Crippen molar-refractivity contribution in [2.75, 3.05) is 25.0 Å². The summed E-state index contributed by atoms with van der Waals surface area (Å²) in [5.74, 6) is 0.0102. The molecule has 1 aliphatic heterocycles. The zero-order chi connectivity index (χ0) is 16.4. The van der Waals surface area contributed by atoms with Crippen molar-refractivity contribution in [3.63, 3.8) is 0 Å². The van der Waals surface area contributed by atoms with Crippen LogP contribution in [-0.4, -0.2) is 41.4 Å². The molecule has 3 rings (SSSR count). The van der Waals surface area contributed by atoms with E-state index in [-0.39, 0.29) is 11.9 Å². The van der Waals surface area contributed by atoms with Crippen molar-refractivity contribution in [2.45, 2.75) is 19.4 Å². The smallest absolute Gasteiger partial charge is 0.273 e. The second kappa shape index (κ2) is 6.39. The van der Waals surface area contributed by atoms with Crippen LogP contribution < -0.4 is 4.90 Å². The van der Waals surface area contributed by atoms with Crippen LogP contribution in [0.4, 0.5) is 5.69 Å². The van der Waals surface area contributed by atoms with Crippen molar-refractivity contribution in [1.82, 2.24) is 9.27 Å². The molecule has 1 amide bonds. The number of hydrogen-bond acceptors (Lipinski definition) is 5. The van der Waals surface area contributed by atoms with Crippen LogP contribution in [0.1, 0.15) is 27.3 Å². The molecule has 1 aliphatic rings. The molecule has 0 radical (unpaired) electrons. The molecule has 2 aromatic rings. The van der Waals surface area contributed by atoms with E-state index in [0.29, 0.717) is 17.8 Å². The van der Waals surface area contributed by atoms with Gasteiger partial charge in [-0.25, -0.2) is 0 Å². The van der Waals surface area contributed by atoms with Crippen molar-refractivity contribution < 1.29 is 4.79 Å². The van der Waals surface area contributed by atoms with Crippen LogP contribution in [0.2, 0.25) is 0 Å². The maximum absolute atomic E-state index is 12.5. The normalized spacial score (nSPS) is 17.1. The van der Waals surface area contributed by atoms with Crippen LogP contribution in [0.5, 0.6) is 0 Å². The van der Waals surface area contributed by atoms with Gasteiger partial charge in [-0.1, -0.05) is 6.07 Å². The Hall–Kier alpha value is -2.39. The topological polar surface area (TPSA) is 60.2 Å². The molecule has 2 heterocycles. The lowest BCUT2D eigenvalue weighted by molar-refractivity contribution is 0.0786. The average Bonchev–Trinajstić information content (AvgIpc) is 3.23. The van der Waals surface area contributed by atoms with Gasteiger partial charge in [0.1, 0.15) is 5.69 Å². The Morgan fingerprint density at radius 2 is 2.30 bits per heavy atom. The number of likely N-dealkylation sites (tertiary alicyclic amines) is 1. The van der Waals surface area contributed by atoms with Gasteiger partial charge < -0.3 is 9.80 Å².